The van der Waals surface area contributed by atoms with Crippen molar-refractivity contribution >= 4 is 23.0 Å². The van der Waals surface area contributed by atoms with Crippen molar-refractivity contribution in [2.45, 2.75) is 19.4 Å². The zero-order valence-corrected chi connectivity index (χ0v) is 13.9. The van der Waals surface area contributed by atoms with Crippen LogP contribution in [0.2, 0.25) is 0 Å². The molecule has 1 heterocycles. The summed E-state index contributed by atoms with van der Waals surface area (Å²) in [5.41, 5.74) is 5.70. The molecule has 2 aromatic carbocycles. The molecule has 124 valence electrons. The van der Waals surface area contributed by atoms with Crippen LogP contribution >= 0.6 is 0 Å². The number of fused-ring (bicyclic) bond motifs is 1. The molecule has 0 spiro atoms. The van der Waals surface area contributed by atoms with Gasteiger partial charge in [0.25, 0.3) is 0 Å². The molecule has 0 saturated heterocycles. The van der Waals surface area contributed by atoms with Gasteiger partial charge in [-0.25, -0.2) is 5.43 Å². The van der Waals surface area contributed by atoms with E-state index in [4.69, 9.17) is 6.42 Å². The summed E-state index contributed by atoms with van der Waals surface area (Å²) in [5.74, 6) is 2.54. The fourth-order valence-corrected chi connectivity index (χ4v) is 2.74. The minimum Gasteiger partial charge on any atom is -0.335 e. The minimum absolute atomic E-state index is 0.104. The van der Waals surface area contributed by atoms with Crippen molar-refractivity contribution in [3.8, 4) is 12.3 Å². The number of carbonyl (C=O) groups excluding carboxylic acids is 1. The quantitative estimate of drug-likeness (QED) is 0.421. The lowest BCUT2D eigenvalue weighted by Crippen LogP contribution is -2.17. The van der Waals surface area contributed by atoms with Crippen LogP contribution in [-0.2, 0) is 17.8 Å². The van der Waals surface area contributed by atoms with Crippen molar-refractivity contribution < 1.29 is 4.79 Å². The number of benzene rings is 2. The fourth-order valence-electron chi connectivity index (χ4n) is 2.74. The second kappa shape index (κ2) is 7.98. The van der Waals surface area contributed by atoms with E-state index in [0.717, 1.165) is 22.0 Å². The van der Waals surface area contributed by atoms with E-state index < -0.39 is 0 Å². The van der Waals surface area contributed by atoms with Crippen LogP contribution in [0.4, 0.5) is 0 Å². The first-order valence-electron chi connectivity index (χ1n) is 8.15. The number of hydrogen-bond acceptors (Lipinski definition) is 2. The van der Waals surface area contributed by atoms with Gasteiger partial charge in [0.15, 0.2) is 0 Å². The van der Waals surface area contributed by atoms with Gasteiger partial charge in [-0.05, 0) is 18.1 Å². The van der Waals surface area contributed by atoms with E-state index in [1.807, 2.05) is 65.4 Å². The van der Waals surface area contributed by atoms with Crippen LogP contribution in [0.15, 0.2) is 65.9 Å². The van der Waals surface area contributed by atoms with Crippen LogP contribution in [-0.4, -0.2) is 16.7 Å². The lowest BCUT2D eigenvalue weighted by atomic mass is 10.1. The van der Waals surface area contributed by atoms with Gasteiger partial charge in [0, 0.05) is 29.1 Å². The number of nitrogens with one attached hydrogen (secondary N) is 1. The number of para-hydroxylation sites is 1. The Hall–Kier alpha value is -3.32. The van der Waals surface area contributed by atoms with Gasteiger partial charge in [-0.15, -0.1) is 6.42 Å². The van der Waals surface area contributed by atoms with Gasteiger partial charge in [0.1, 0.15) is 0 Å². The summed E-state index contributed by atoms with van der Waals surface area (Å²) in [6, 6.07) is 17.9. The lowest BCUT2D eigenvalue weighted by molar-refractivity contribution is -0.121. The number of hydrogen-bond donors (Lipinski definition) is 1. The maximum Gasteiger partial charge on any atom is 0.240 e. The molecule has 1 aromatic heterocycles. The molecule has 0 unspecified atom stereocenters. The first kappa shape index (κ1) is 16.5. The molecule has 25 heavy (non-hydrogen) atoms. The van der Waals surface area contributed by atoms with Crippen molar-refractivity contribution in [2.75, 3.05) is 0 Å². The number of carbonyl (C=O) groups is 1. The molecular weight excluding hydrogens is 310 g/mol. The van der Waals surface area contributed by atoms with Crippen LogP contribution in [0.25, 0.3) is 10.9 Å². The summed E-state index contributed by atoms with van der Waals surface area (Å²) in [6.07, 6.45) is 10.1. The maximum absolute atomic E-state index is 11.9. The summed E-state index contributed by atoms with van der Waals surface area (Å²) in [6.45, 7) is 0.498. The average Bonchev–Trinajstić information content (AvgIpc) is 2.99. The summed E-state index contributed by atoms with van der Waals surface area (Å²) in [4.78, 5) is 11.9. The normalized spacial score (nSPS) is 10.8. The Morgan fingerprint density at radius 3 is 2.72 bits per heavy atom. The van der Waals surface area contributed by atoms with E-state index >= 15 is 0 Å². The zero-order chi connectivity index (χ0) is 17.5. The van der Waals surface area contributed by atoms with E-state index in [-0.39, 0.29) is 5.91 Å². The minimum atomic E-state index is -0.104. The second-order valence-corrected chi connectivity index (χ2v) is 5.71. The maximum atomic E-state index is 11.9. The standard InChI is InChI=1S/C21H19N3O/c1-2-14-24-16-18(19-10-6-7-11-20(19)24)15-22-23-21(25)13-12-17-8-4-3-5-9-17/h1,3-11,15-16H,12-14H2,(H,23,25)/b22-15+. The molecule has 1 N–H and O–H groups in total. The molecule has 0 bridgehead atoms. The first-order chi connectivity index (χ1) is 12.3. The van der Waals surface area contributed by atoms with E-state index in [9.17, 15) is 4.79 Å². The second-order valence-electron chi connectivity index (χ2n) is 5.71. The number of nitrogens with zero attached hydrogens (tertiary/aromatic N) is 2. The first-order valence-corrected chi connectivity index (χ1v) is 8.15. The van der Waals surface area contributed by atoms with E-state index in [2.05, 4.69) is 16.4 Å². The van der Waals surface area contributed by atoms with Gasteiger partial charge in [0.05, 0.1) is 12.8 Å². The van der Waals surface area contributed by atoms with Crippen molar-refractivity contribution in [1.82, 2.24) is 9.99 Å². The number of rotatable bonds is 6. The Kier molecular flexibility index (Phi) is 5.28. The number of aromatic nitrogens is 1. The van der Waals surface area contributed by atoms with Crippen molar-refractivity contribution in [1.29, 1.82) is 0 Å². The van der Waals surface area contributed by atoms with E-state index in [1.54, 1.807) is 6.21 Å². The van der Waals surface area contributed by atoms with E-state index in [0.29, 0.717) is 19.4 Å². The lowest BCUT2D eigenvalue weighted by Gasteiger charge is -2.00. The monoisotopic (exact) mass is 329 g/mol. The largest absolute Gasteiger partial charge is 0.335 e. The van der Waals surface area contributed by atoms with Gasteiger partial charge in [-0.1, -0.05) is 54.5 Å². The van der Waals surface area contributed by atoms with Gasteiger partial charge < -0.3 is 4.57 Å². The molecule has 3 rings (SSSR count). The third kappa shape index (κ3) is 4.15. The molecule has 3 aromatic rings. The average molecular weight is 329 g/mol. The Morgan fingerprint density at radius 1 is 1.16 bits per heavy atom. The molecule has 0 aliphatic rings. The van der Waals surface area contributed by atoms with Crippen molar-refractivity contribution in [3.05, 3.63) is 71.9 Å². The summed E-state index contributed by atoms with van der Waals surface area (Å²) >= 11 is 0. The van der Waals surface area contributed by atoms with Gasteiger partial charge >= 0.3 is 0 Å². The highest BCUT2D eigenvalue weighted by molar-refractivity contribution is 5.99. The zero-order valence-electron chi connectivity index (χ0n) is 13.9. The van der Waals surface area contributed by atoms with Gasteiger partial charge in [-0.3, -0.25) is 4.79 Å². The number of hydrazone groups is 1. The highest BCUT2D eigenvalue weighted by atomic mass is 16.2. The van der Waals surface area contributed by atoms with Crippen LogP contribution in [0.3, 0.4) is 0 Å². The molecule has 0 aliphatic carbocycles. The predicted octanol–water partition coefficient (Wildman–Crippen LogP) is 3.36. The Bertz CT molecular complexity index is 933. The number of amides is 1. The van der Waals surface area contributed by atoms with Crippen LogP contribution in [0, 0.1) is 12.3 Å². The molecule has 0 radical (unpaired) electrons. The number of terminal acetylenes is 1. The molecule has 4 nitrogen and oxygen atoms in total. The third-order valence-electron chi connectivity index (χ3n) is 3.96. The summed E-state index contributed by atoms with van der Waals surface area (Å²) in [5, 5.41) is 5.14. The van der Waals surface area contributed by atoms with Crippen molar-refractivity contribution in [3.63, 3.8) is 0 Å². The molecule has 0 saturated carbocycles. The molecule has 0 atom stereocenters. The van der Waals surface area contributed by atoms with Crippen LogP contribution in [0.5, 0.6) is 0 Å². The Morgan fingerprint density at radius 2 is 1.92 bits per heavy atom. The molecule has 0 aliphatic heterocycles. The summed E-state index contributed by atoms with van der Waals surface area (Å²) < 4.78 is 1.99. The van der Waals surface area contributed by atoms with Gasteiger partial charge in [-0.2, -0.15) is 5.10 Å². The molecule has 4 heteroatoms. The SMILES string of the molecule is C#CCn1cc(/C=N/NC(=O)CCc2ccccc2)c2ccccc21. The highest BCUT2D eigenvalue weighted by Crippen LogP contribution is 2.19. The Labute approximate surface area is 147 Å². The summed E-state index contributed by atoms with van der Waals surface area (Å²) in [7, 11) is 0. The number of aryl methyl sites for hydroxylation is 1. The fraction of sp³-hybridized carbons (Fsp3) is 0.143. The van der Waals surface area contributed by atoms with Gasteiger partial charge in [0.2, 0.25) is 5.91 Å². The third-order valence-corrected chi connectivity index (χ3v) is 3.96. The molecule has 1 amide bonds. The Balaban J connectivity index is 1.63. The van der Waals surface area contributed by atoms with Crippen LogP contribution < -0.4 is 5.43 Å². The van der Waals surface area contributed by atoms with Crippen molar-refractivity contribution in [2.24, 2.45) is 5.10 Å². The smallest absolute Gasteiger partial charge is 0.240 e. The topological polar surface area (TPSA) is 46.4 Å². The van der Waals surface area contributed by atoms with Crippen LogP contribution in [0.1, 0.15) is 17.5 Å². The highest BCUT2D eigenvalue weighted by Gasteiger charge is 2.06. The molecule has 0 fully saturated rings. The van der Waals surface area contributed by atoms with E-state index in [1.165, 1.54) is 0 Å². The predicted molar refractivity (Wildman–Crippen MR) is 101 cm³/mol. The molecular formula is C21H19N3O.